The van der Waals surface area contributed by atoms with Crippen molar-refractivity contribution in [2.75, 3.05) is 37.4 Å². The Morgan fingerprint density at radius 2 is 1.91 bits per heavy atom. The van der Waals surface area contributed by atoms with Crippen LogP contribution in [-0.2, 0) is 11.3 Å². The van der Waals surface area contributed by atoms with Gasteiger partial charge in [0.1, 0.15) is 17.6 Å². The van der Waals surface area contributed by atoms with Crippen LogP contribution in [-0.4, -0.2) is 59.6 Å². The van der Waals surface area contributed by atoms with E-state index in [1.54, 1.807) is 13.3 Å². The highest BCUT2D eigenvalue weighted by Gasteiger charge is 2.28. The van der Waals surface area contributed by atoms with E-state index in [0.717, 1.165) is 48.7 Å². The van der Waals surface area contributed by atoms with E-state index in [4.69, 9.17) is 4.74 Å². The molecule has 1 unspecified atom stereocenters. The van der Waals surface area contributed by atoms with Crippen LogP contribution in [0.15, 0.2) is 30.5 Å². The summed E-state index contributed by atoms with van der Waals surface area (Å²) in [5.41, 5.74) is 2.00. The summed E-state index contributed by atoms with van der Waals surface area (Å²) in [4.78, 5) is 24.3. The maximum absolute atomic E-state index is 12.8. The molecule has 2 fully saturated rings. The fourth-order valence-electron chi connectivity index (χ4n) is 4.12. The first-order chi connectivity index (χ1) is 16.0. The molecule has 1 aliphatic carbocycles. The molecule has 4 rings (SSSR count). The third kappa shape index (κ3) is 6.81. The number of anilines is 2. The molecule has 178 valence electrons. The Kier molecular flexibility index (Phi) is 7.65. The molecule has 1 saturated carbocycles. The van der Waals surface area contributed by atoms with E-state index in [1.165, 1.54) is 19.4 Å². The summed E-state index contributed by atoms with van der Waals surface area (Å²) in [6, 6.07) is 7.74. The minimum Gasteiger partial charge on any atom is -0.497 e. The van der Waals surface area contributed by atoms with Crippen molar-refractivity contribution in [2.45, 2.75) is 58.2 Å². The lowest BCUT2D eigenvalue weighted by molar-refractivity contribution is -0.122. The number of nitrogens with zero attached hydrogens (tertiary/aromatic N) is 3. The van der Waals surface area contributed by atoms with Gasteiger partial charge in [0.05, 0.1) is 7.11 Å². The second-order valence-electron chi connectivity index (χ2n) is 9.32. The number of amides is 1. The molecule has 2 aliphatic rings. The molecule has 3 N–H and O–H groups in total. The molecule has 0 spiro atoms. The summed E-state index contributed by atoms with van der Waals surface area (Å²) in [7, 11) is 1.65. The van der Waals surface area contributed by atoms with Crippen molar-refractivity contribution in [2.24, 2.45) is 5.92 Å². The Hall–Kier alpha value is -2.87. The van der Waals surface area contributed by atoms with Crippen LogP contribution in [0.5, 0.6) is 5.75 Å². The van der Waals surface area contributed by atoms with Crippen LogP contribution in [0.1, 0.15) is 43.7 Å². The van der Waals surface area contributed by atoms with Gasteiger partial charge in [0.15, 0.2) is 0 Å². The average molecular weight is 453 g/mol. The average Bonchev–Trinajstić information content (AvgIpc) is 3.65. The van der Waals surface area contributed by atoms with E-state index >= 15 is 0 Å². The Morgan fingerprint density at radius 3 is 2.58 bits per heavy atom. The van der Waals surface area contributed by atoms with E-state index in [2.05, 4.69) is 30.8 Å². The Bertz CT molecular complexity index is 923. The van der Waals surface area contributed by atoms with Crippen LogP contribution in [0.25, 0.3) is 0 Å². The van der Waals surface area contributed by atoms with E-state index in [1.807, 2.05) is 38.1 Å². The number of carbonyl (C=O) groups excluding carboxylic acids is 1. The van der Waals surface area contributed by atoms with Crippen molar-refractivity contribution in [1.82, 2.24) is 20.2 Å². The molecule has 2 heterocycles. The molecule has 0 bridgehead atoms. The maximum atomic E-state index is 12.8. The third-order valence-corrected chi connectivity index (χ3v) is 6.48. The highest BCUT2D eigenvalue weighted by Crippen LogP contribution is 2.30. The normalized spacial score (nSPS) is 17.9. The second-order valence-corrected chi connectivity index (χ2v) is 9.32. The number of benzene rings is 1. The summed E-state index contributed by atoms with van der Waals surface area (Å²) < 4.78 is 5.20. The smallest absolute Gasteiger partial charge is 0.242 e. The highest BCUT2D eigenvalue weighted by atomic mass is 16.5. The topological polar surface area (TPSA) is 91.4 Å². The van der Waals surface area contributed by atoms with Gasteiger partial charge in [-0.1, -0.05) is 12.1 Å². The first-order valence-corrected chi connectivity index (χ1v) is 12.0. The molecule has 8 nitrogen and oxygen atoms in total. The molecule has 1 amide bonds. The molecule has 33 heavy (non-hydrogen) atoms. The van der Waals surface area contributed by atoms with Gasteiger partial charge in [-0.05, 0) is 63.1 Å². The van der Waals surface area contributed by atoms with Crippen molar-refractivity contribution >= 4 is 17.7 Å². The number of ether oxygens (including phenoxy) is 1. The van der Waals surface area contributed by atoms with E-state index < -0.39 is 0 Å². The number of methoxy groups -OCH3 is 1. The van der Waals surface area contributed by atoms with Crippen LogP contribution in [0.2, 0.25) is 0 Å². The monoisotopic (exact) mass is 452 g/mol. The van der Waals surface area contributed by atoms with Crippen LogP contribution in [0.4, 0.5) is 11.8 Å². The van der Waals surface area contributed by atoms with Crippen LogP contribution in [0.3, 0.4) is 0 Å². The van der Waals surface area contributed by atoms with Gasteiger partial charge in [0.25, 0.3) is 0 Å². The molecule has 1 aliphatic heterocycles. The molecule has 1 atom stereocenters. The number of carbonyl (C=O) groups is 1. The van der Waals surface area contributed by atoms with Gasteiger partial charge in [-0.15, -0.1) is 0 Å². The van der Waals surface area contributed by atoms with Gasteiger partial charge in [-0.25, -0.2) is 4.98 Å². The predicted octanol–water partition coefficient (Wildman–Crippen LogP) is 3.20. The number of aromatic nitrogens is 2. The lowest BCUT2D eigenvalue weighted by Crippen LogP contribution is -2.48. The lowest BCUT2D eigenvalue weighted by atomic mass is 10.0. The van der Waals surface area contributed by atoms with Gasteiger partial charge in [0.2, 0.25) is 11.9 Å². The molecule has 8 heteroatoms. The quantitative estimate of drug-likeness (QED) is 0.510. The summed E-state index contributed by atoms with van der Waals surface area (Å²) in [5.74, 6) is 2.96. The van der Waals surface area contributed by atoms with Crippen molar-refractivity contribution in [3.05, 3.63) is 41.6 Å². The number of hydrogen-bond donors (Lipinski definition) is 3. The van der Waals surface area contributed by atoms with Crippen LogP contribution in [0, 0.1) is 12.8 Å². The van der Waals surface area contributed by atoms with Crippen molar-refractivity contribution in [3.63, 3.8) is 0 Å². The first-order valence-electron chi connectivity index (χ1n) is 12.0. The Balaban J connectivity index is 1.25. The SMILES string of the molecule is COc1ccc(CNc2ncc(C)c(NC(C)C(=O)NC3CCN(CC4CC4)CC3)n2)cc1. The number of hydrogen-bond acceptors (Lipinski definition) is 7. The second kappa shape index (κ2) is 10.8. The molecule has 0 radical (unpaired) electrons. The number of nitrogens with one attached hydrogen (secondary N) is 3. The van der Waals surface area contributed by atoms with Gasteiger partial charge in [-0.2, -0.15) is 4.98 Å². The van der Waals surface area contributed by atoms with E-state index in [-0.39, 0.29) is 18.0 Å². The molecule has 1 aromatic heterocycles. The van der Waals surface area contributed by atoms with E-state index in [9.17, 15) is 4.79 Å². The summed E-state index contributed by atoms with van der Waals surface area (Å²) in [5, 5.41) is 9.74. The van der Waals surface area contributed by atoms with Crippen molar-refractivity contribution in [3.8, 4) is 5.75 Å². The molecular formula is C25H36N6O2. The van der Waals surface area contributed by atoms with Crippen molar-refractivity contribution in [1.29, 1.82) is 0 Å². The Morgan fingerprint density at radius 1 is 1.18 bits per heavy atom. The van der Waals surface area contributed by atoms with Gasteiger partial charge < -0.3 is 25.6 Å². The summed E-state index contributed by atoms with van der Waals surface area (Å²) in [6.45, 7) is 7.82. The maximum Gasteiger partial charge on any atom is 0.242 e. The molecule has 1 saturated heterocycles. The zero-order chi connectivity index (χ0) is 23.2. The van der Waals surface area contributed by atoms with Crippen molar-refractivity contribution < 1.29 is 9.53 Å². The standard InChI is InChI=1S/C25H36N6O2/c1-17-14-26-25(27-15-19-6-8-22(33-3)9-7-19)30-23(17)28-18(2)24(32)29-21-10-12-31(13-11-21)16-20-4-5-20/h6-9,14,18,20-21H,4-5,10-13,15-16H2,1-3H3,(H,29,32)(H2,26,27,28,30). The zero-order valence-corrected chi connectivity index (χ0v) is 19.9. The van der Waals surface area contributed by atoms with Crippen LogP contribution < -0.4 is 20.7 Å². The fraction of sp³-hybridized carbons (Fsp3) is 0.560. The summed E-state index contributed by atoms with van der Waals surface area (Å²) in [6.07, 6.45) is 6.60. The molecular weight excluding hydrogens is 416 g/mol. The minimum atomic E-state index is -0.377. The largest absolute Gasteiger partial charge is 0.497 e. The third-order valence-electron chi connectivity index (χ3n) is 6.48. The van der Waals surface area contributed by atoms with Gasteiger partial charge in [0, 0.05) is 44.0 Å². The van der Waals surface area contributed by atoms with E-state index in [0.29, 0.717) is 18.3 Å². The number of piperidine rings is 1. The fourth-order valence-corrected chi connectivity index (χ4v) is 4.12. The number of aryl methyl sites for hydroxylation is 1. The van der Waals surface area contributed by atoms with Crippen LogP contribution >= 0.6 is 0 Å². The Labute approximate surface area is 196 Å². The minimum absolute atomic E-state index is 0.0152. The number of likely N-dealkylation sites (tertiary alicyclic amines) is 1. The number of rotatable bonds is 10. The predicted molar refractivity (Wildman–Crippen MR) is 131 cm³/mol. The lowest BCUT2D eigenvalue weighted by Gasteiger charge is -2.33. The highest BCUT2D eigenvalue weighted by molar-refractivity contribution is 5.84. The summed E-state index contributed by atoms with van der Waals surface area (Å²) >= 11 is 0. The molecule has 2 aromatic rings. The van der Waals surface area contributed by atoms with Gasteiger partial charge in [-0.3, -0.25) is 4.79 Å². The zero-order valence-electron chi connectivity index (χ0n) is 19.9. The molecule has 1 aromatic carbocycles. The van der Waals surface area contributed by atoms with Gasteiger partial charge >= 0.3 is 0 Å². The first kappa shape index (κ1) is 23.3.